The summed E-state index contributed by atoms with van der Waals surface area (Å²) < 4.78 is 40.2. The molecule has 0 aromatic rings. The van der Waals surface area contributed by atoms with Crippen molar-refractivity contribution in [2.24, 2.45) is 0 Å². The fourth-order valence-electron chi connectivity index (χ4n) is 7.10. The molecule has 4 atom stereocenters. The summed E-state index contributed by atoms with van der Waals surface area (Å²) in [6, 6.07) is 0. The summed E-state index contributed by atoms with van der Waals surface area (Å²) in [5.41, 5.74) is 0. The molecule has 0 radical (unpaired) electrons. The van der Waals surface area contributed by atoms with Gasteiger partial charge in [0.05, 0.1) is 40.0 Å². The minimum Gasteiger partial charge on any atom is -0.462 e. The van der Waals surface area contributed by atoms with Gasteiger partial charge in [0.2, 0.25) is 0 Å². The summed E-state index contributed by atoms with van der Waals surface area (Å²) in [5.74, 6) is -0.870. The fourth-order valence-corrected chi connectivity index (χ4v) is 7.84. The van der Waals surface area contributed by atoms with Crippen LogP contribution < -0.4 is 0 Å². The van der Waals surface area contributed by atoms with E-state index in [0.717, 1.165) is 44.9 Å². The Labute approximate surface area is 386 Å². The first-order valence-electron chi connectivity index (χ1n) is 25.5. The molecule has 1 N–H and O–H groups in total. The van der Waals surface area contributed by atoms with Crippen LogP contribution in [0.2, 0.25) is 0 Å². The summed E-state index contributed by atoms with van der Waals surface area (Å²) in [7, 11) is 1.43. The van der Waals surface area contributed by atoms with Gasteiger partial charge in [-0.05, 0) is 77.0 Å². The lowest BCUT2D eigenvalue weighted by Gasteiger charge is -2.24. The molecule has 0 aromatic carbocycles. The fraction of sp³-hybridized carbons (Fsp3) is 0.808. The van der Waals surface area contributed by atoms with E-state index in [1.807, 2.05) is 21.1 Å². The van der Waals surface area contributed by atoms with E-state index in [-0.39, 0.29) is 44.2 Å². The average Bonchev–Trinajstić information content (AvgIpc) is 4.00. The molecular formula is C52H95NO9P+. The second-order valence-corrected chi connectivity index (χ2v) is 20.0. The van der Waals surface area contributed by atoms with Crippen LogP contribution in [-0.4, -0.2) is 87.1 Å². The Bertz CT molecular complexity index is 1280. The van der Waals surface area contributed by atoms with Crippen molar-refractivity contribution in [2.45, 2.75) is 225 Å². The summed E-state index contributed by atoms with van der Waals surface area (Å²) in [6.45, 7) is 4.32. The van der Waals surface area contributed by atoms with Crippen LogP contribution >= 0.6 is 7.82 Å². The molecule has 0 spiro atoms. The number of carbonyl (C=O) groups is 2. The van der Waals surface area contributed by atoms with E-state index in [9.17, 15) is 19.0 Å². The third-order valence-electron chi connectivity index (χ3n) is 11.2. The Morgan fingerprint density at radius 3 is 1.60 bits per heavy atom. The quantitative estimate of drug-likeness (QED) is 0.0159. The monoisotopic (exact) mass is 909 g/mol. The van der Waals surface area contributed by atoms with E-state index in [1.165, 1.54) is 122 Å². The number of hydrogen-bond donors (Lipinski definition) is 1. The number of epoxide rings is 1. The first kappa shape index (κ1) is 58.9. The number of unbranched alkanes of at least 4 members (excludes halogenated alkanes) is 21. The summed E-state index contributed by atoms with van der Waals surface area (Å²) >= 11 is 0. The Morgan fingerprint density at radius 2 is 1.02 bits per heavy atom. The van der Waals surface area contributed by atoms with Gasteiger partial charge in [0.25, 0.3) is 0 Å². The second kappa shape index (κ2) is 40.2. The maximum atomic E-state index is 12.8. The number of rotatable bonds is 45. The average molecular weight is 909 g/mol. The van der Waals surface area contributed by atoms with Crippen molar-refractivity contribution in [1.29, 1.82) is 0 Å². The molecule has 1 rings (SSSR count). The highest BCUT2D eigenvalue weighted by Crippen LogP contribution is 2.43. The number of likely N-dealkylation sites (N-methyl/N-ethyl adjacent to an activating group) is 1. The molecule has 0 aromatic heterocycles. The highest BCUT2D eigenvalue weighted by molar-refractivity contribution is 7.47. The van der Waals surface area contributed by atoms with Crippen molar-refractivity contribution in [3.63, 3.8) is 0 Å². The van der Waals surface area contributed by atoms with Crippen LogP contribution in [0.5, 0.6) is 0 Å². The van der Waals surface area contributed by atoms with Crippen LogP contribution in [-0.2, 0) is 37.4 Å². The molecular weight excluding hydrogens is 814 g/mol. The minimum atomic E-state index is -4.40. The highest BCUT2D eigenvalue weighted by atomic mass is 31.2. The maximum Gasteiger partial charge on any atom is 0.472 e. The zero-order valence-electron chi connectivity index (χ0n) is 41.0. The maximum absolute atomic E-state index is 12.8. The van der Waals surface area contributed by atoms with Gasteiger partial charge in [-0.3, -0.25) is 18.6 Å². The lowest BCUT2D eigenvalue weighted by atomic mass is 10.0. The van der Waals surface area contributed by atoms with Crippen molar-refractivity contribution < 1.29 is 46.8 Å². The number of phosphoric acid groups is 1. The van der Waals surface area contributed by atoms with Crippen molar-refractivity contribution >= 4 is 19.8 Å². The van der Waals surface area contributed by atoms with Gasteiger partial charge >= 0.3 is 19.8 Å². The number of nitrogens with zero attached hydrogens (tertiary/aromatic N) is 1. The standard InChI is InChI=1S/C52H94NO9P/c1-6-8-10-12-14-16-17-18-19-20-21-22-23-24-25-26-27-29-31-33-38-42-51(54)58-46-48(47-60-63(56,57)59-45-44-53(3,4)5)61-52(55)43-39-35-34-37-41-50-49(62-50)40-36-32-30-28-15-13-11-9-7-2/h15,18-19,28,32,34,36-37,48-50H,6-14,16-17,20-27,29-31,33,35,38-47H2,1-5H3/p+1/b19-18-,28-15-,36-32-,37-34-/t48-,49?,50?/m1/s1. The molecule has 63 heavy (non-hydrogen) atoms. The van der Waals surface area contributed by atoms with Crippen LogP contribution in [0, 0.1) is 0 Å². The van der Waals surface area contributed by atoms with Gasteiger partial charge in [0, 0.05) is 12.8 Å². The first-order chi connectivity index (χ1) is 30.5. The molecule has 0 bridgehead atoms. The molecule has 10 nitrogen and oxygen atoms in total. The second-order valence-electron chi connectivity index (χ2n) is 18.6. The molecule has 3 unspecified atom stereocenters. The third-order valence-corrected chi connectivity index (χ3v) is 12.2. The van der Waals surface area contributed by atoms with Crippen molar-refractivity contribution in [1.82, 2.24) is 0 Å². The molecule has 366 valence electrons. The van der Waals surface area contributed by atoms with Crippen molar-refractivity contribution in [3.05, 3.63) is 48.6 Å². The number of allylic oxidation sites excluding steroid dienone is 6. The largest absolute Gasteiger partial charge is 0.472 e. The Balaban J connectivity index is 2.25. The number of phosphoric ester groups is 1. The Kier molecular flexibility index (Phi) is 37.6. The lowest BCUT2D eigenvalue weighted by molar-refractivity contribution is -0.870. The molecule has 0 aliphatic carbocycles. The number of esters is 2. The molecule has 0 saturated carbocycles. The molecule has 1 aliphatic rings. The highest BCUT2D eigenvalue weighted by Gasteiger charge is 2.36. The van der Waals surface area contributed by atoms with Crippen molar-refractivity contribution in [2.75, 3.05) is 47.5 Å². The van der Waals surface area contributed by atoms with Gasteiger partial charge in [0.1, 0.15) is 19.8 Å². The van der Waals surface area contributed by atoms with E-state index in [0.29, 0.717) is 23.9 Å². The predicted octanol–water partition coefficient (Wildman–Crippen LogP) is 14.0. The van der Waals surface area contributed by atoms with Gasteiger partial charge in [-0.1, -0.05) is 165 Å². The van der Waals surface area contributed by atoms with Gasteiger partial charge in [-0.25, -0.2) is 4.57 Å². The van der Waals surface area contributed by atoms with E-state index in [1.54, 1.807) is 0 Å². The van der Waals surface area contributed by atoms with Gasteiger partial charge in [-0.15, -0.1) is 0 Å². The normalized spacial score (nSPS) is 17.0. The van der Waals surface area contributed by atoms with E-state index >= 15 is 0 Å². The molecule has 1 aliphatic heterocycles. The van der Waals surface area contributed by atoms with Gasteiger partial charge in [-0.2, -0.15) is 0 Å². The smallest absolute Gasteiger partial charge is 0.462 e. The zero-order valence-corrected chi connectivity index (χ0v) is 41.9. The van der Waals surface area contributed by atoms with Crippen molar-refractivity contribution in [3.8, 4) is 0 Å². The van der Waals surface area contributed by atoms with Crippen LogP contribution in [0.25, 0.3) is 0 Å². The van der Waals surface area contributed by atoms with Crippen LogP contribution in [0.3, 0.4) is 0 Å². The SMILES string of the molecule is CCCCC/C=C\C/C=C\CC1OC1C/C=C\CCCC(=O)O[C@H](COC(=O)CCCCCCCCCCCCC/C=C\CCCCCCCC)COP(=O)(O)OCC[N+](C)(C)C. The summed E-state index contributed by atoms with van der Waals surface area (Å²) in [6.07, 6.45) is 50.5. The van der Waals surface area contributed by atoms with E-state index in [2.05, 4.69) is 62.5 Å². The first-order valence-corrected chi connectivity index (χ1v) is 27.0. The Hall–Kier alpha value is -2.07. The summed E-state index contributed by atoms with van der Waals surface area (Å²) in [4.78, 5) is 35.6. The number of carbonyl (C=O) groups excluding carboxylic acids is 2. The number of quaternary nitrogens is 1. The molecule has 1 saturated heterocycles. The molecule has 0 amide bonds. The number of ether oxygens (including phenoxy) is 3. The molecule has 11 heteroatoms. The van der Waals surface area contributed by atoms with E-state index < -0.39 is 26.5 Å². The minimum absolute atomic E-state index is 0.0175. The van der Waals surface area contributed by atoms with Crippen LogP contribution in [0.4, 0.5) is 0 Å². The van der Waals surface area contributed by atoms with Crippen LogP contribution in [0.15, 0.2) is 48.6 Å². The van der Waals surface area contributed by atoms with E-state index in [4.69, 9.17) is 23.3 Å². The van der Waals surface area contributed by atoms with Crippen LogP contribution in [0.1, 0.15) is 206 Å². The zero-order chi connectivity index (χ0) is 46.1. The van der Waals surface area contributed by atoms with Gasteiger partial charge in [0.15, 0.2) is 6.10 Å². The molecule has 1 heterocycles. The molecule has 1 fully saturated rings. The lowest BCUT2D eigenvalue weighted by Crippen LogP contribution is -2.37. The summed E-state index contributed by atoms with van der Waals surface area (Å²) in [5, 5.41) is 0. The topological polar surface area (TPSA) is 121 Å². The van der Waals surface area contributed by atoms with Gasteiger partial charge < -0.3 is 23.6 Å². The Morgan fingerprint density at radius 1 is 0.571 bits per heavy atom. The third kappa shape index (κ3) is 41.1. The predicted molar refractivity (Wildman–Crippen MR) is 261 cm³/mol. The number of hydrogen-bond acceptors (Lipinski definition) is 8.